The van der Waals surface area contributed by atoms with Crippen molar-refractivity contribution in [1.29, 1.82) is 0 Å². The molecule has 34 heavy (non-hydrogen) atoms. The standard InChI is InChI=1S/C27H53N3O4/c1-2-3-4-5-6-7-8-9-10-11-12-13-14-15-16-17-26-29-18-19-30(26)20-21-34-25(22-27(32)33)24(31)23-28/h24-25,31H,2-23,28H2,1H3,(H,32,33). The molecule has 7 nitrogen and oxygen atoms in total. The predicted molar refractivity (Wildman–Crippen MR) is 140 cm³/mol. The summed E-state index contributed by atoms with van der Waals surface area (Å²) >= 11 is 0. The average Bonchev–Trinajstić information content (AvgIpc) is 3.27. The van der Waals surface area contributed by atoms with Crippen molar-refractivity contribution in [2.24, 2.45) is 10.7 Å². The molecule has 0 spiro atoms. The molecule has 0 aromatic heterocycles. The number of carbonyl (C=O) groups is 1. The lowest BCUT2D eigenvalue weighted by Gasteiger charge is -2.24. The molecule has 7 heteroatoms. The number of hydrogen-bond acceptors (Lipinski definition) is 6. The summed E-state index contributed by atoms with van der Waals surface area (Å²) < 4.78 is 5.64. The Hall–Kier alpha value is -1.18. The second kappa shape index (κ2) is 21.1. The monoisotopic (exact) mass is 483 g/mol. The number of rotatable bonds is 24. The van der Waals surface area contributed by atoms with E-state index in [2.05, 4.69) is 16.8 Å². The summed E-state index contributed by atoms with van der Waals surface area (Å²) in [6.07, 6.45) is 19.6. The van der Waals surface area contributed by atoms with Gasteiger partial charge in [-0.05, 0) is 6.42 Å². The van der Waals surface area contributed by atoms with E-state index in [1.807, 2.05) is 0 Å². The Morgan fingerprint density at radius 3 is 2.00 bits per heavy atom. The van der Waals surface area contributed by atoms with Crippen LogP contribution >= 0.6 is 0 Å². The van der Waals surface area contributed by atoms with E-state index in [0.29, 0.717) is 13.2 Å². The van der Waals surface area contributed by atoms with Crippen LogP contribution in [0.2, 0.25) is 0 Å². The lowest BCUT2D eigenvalue weighted by molar-refractivity contribution is -0.143. The van der Waals surface area contributed by atoms with Gasteiger partial charge in [-0.3, -0.25) is 9.79 Å². The number of aliphatic imine (C=N–C) groups is 1. The van der Waals surface area contributed by atoms with E-state index in [4.69, 9.17) is 15.6 Å². The molecular weight excluding hydrogens is 430 g/mol. The fraction of sp³-hybridized carbons (Fsp3) is 0.926. The highest BCUT2D eigenvalue weighted by Gasteiger charge is 2.23. The van der Waals surface area contributed by atoms with Gasteiger partial charge < -0.3 is 25.6 Å². The molecule has 0 radical (unpaired) electrons. The maximum absolute atomic E-state index is 11.0. The number of aliphatic hydroxyl groups excluding tert-OH is 1. The fourth-order valence-corrected chi connectivity index (χ4v) is 4.61. The number of hydrogen-bond donors (Lipinski definition) is 3. The first kappa shape index (κ1) is 30.9. The van der Waals surface area contributed by atoms with Crippen LogP contribution in [0.1, 0.15) is 116 Å². The van der Waals surface area contributed by atoms with Crippen LogP contribution in [0.3, 0.4) is 0 Å². The molecule has 1 rings (SSSR count). The fourth-order valence-electron chi connectivity index (χ4n) is 4.61. The molecule has 1 aliphatic heterocycles. The van der Waals surface area contributed by atoms with Crippen molar-refractivity contribution in [2.75, 3.05) is 32.8 Å². The second-order valence-corrected chi connectivity index (χ2v) is 9.79. The van der Waals surface area contributed by atoms with Crippen molar-refractivity contribution in [3.05, 3.63) is 0 Å². The van der Waals surface area contributed by atoms with Gasteiger partial charge in [-0.1, -0.05) is 96.8 Å². The molecule has 0 aromatic rings. The number of nitrogens with zero attached hydrogens (tertiary/aromatic N) is 2. The minimum Gasteiger partial charge on any atom is -0.481 e. The van der Waals surface area contributed by atoms with Gasteiger partial charge in [-0.15, -0.1) is 0 Å². The first-order chi connectivity index (χ1) is 16.6. The maximum atomic E-state index is 11.0. The van der Waals surface area contributed by atoms with Gasteiger partial charge in [-0.25, -0.2) is 0 Å². The van der Waals surface area contributed by atoms with Gasteiger partial charge in [-0.2, -0.15) is 0 Å². The third-order valence-corrected chi connectivity index (χ3v) is 6.77. The Kier molecular flexibility index (Phi) is 19.2. The highest BCUT2D eigenvalue weighted by molar-refractivity contribution is 5.83. The molecule has 2 unspecified atom stereocenters. The van der Waals surface area contributed by atoms with Gasteiger partial charge in [0.1, 0.15) is 0 Å². The summed E-state index contributed by atoms with van der Waals surface area (Å²) in [7, 11) is 0. The van der Waals surface area contributed by atoms with Crippen molar-refractivity contribution >= 4 is 11.8 Å². The van der Waals surface area contributed by atoms with Crippen molar-refractivity contribution in [2.45, 2.75) is 128 Å². The maximum Gasteiger partial charge on any atom is 0.306 e. The third kappa shape index (κ3) is 15.7. The minimum atomic E-state index is -0.992. The topological polar surface area (TPSA) is 108 Å². The van der Waals surface area contributed by atoms with Crippen LogP contribution in [-0.4, -0.2) is 71.9 Å². The molecule has 0 saturated heterocycles. The Balaban J connectivity index is 1.99. The van der Waals surface area contributed by atoms with Gasteiger partial charge in [0.2, 0.25) is 0 Å². The van der Waals surface area contributed by atoms with Crippen LogP contribution in [0.4, 0.5) is 0 Å². The first-order valence-corrected chi connectivity index (χ1v) is 14.1. The van der Waals surface area contributed by atoms with E-state index in [1.54, 1.807) is 0 Å². The summed E-state index contributed by atoms with van der Waals surface area (Å²) in [5.41, 5.74) is 5.46. The minimum absolute atomic E-state index is 0.00639. The van der Waals surface area contributed by atoms with Crippen molar-refractivity contribution in [3.63, 3.8) is 0 Å². The number of carboxylic acids is 1. The Labute approximate surface area is 208 Å². The van der Waals surface area contributed by atoms with Gasteiger partial charge >= 0.3 is 5.97 Å². The molecule has 0 saturated carbocycles. The van der Waals surface area contributed by atoms with E-state index in [0.717, 1.165) is 25.3 Å². The van der Waals surface area contributed by atoms with Gasteiger partial charge in [0.05, 0.1) is 37.6 Å². The van der Waals surface area contributed by atoms with Crippen LogP contribution in [0, 0.1) is 0 Å². The Morgan fingerprint density at radius 2 is 1.50 bits per heavy atom. The highest BCUT2D eigenvalue weighted by atomic mass is 16.5. The molecule has 0 aromatic carbocycles. The first-order valence-electron chi connectivity index (χ1n) is 14.1. The summed E-state index contributed by atoms with van der Waals surface area (Å²) in [6.45, 7) is 5.02. The second-order valence-electron chi connectivity index (χ2n) is 9.79. The van der Waals surface area contributed by atoms with Crippen LogP contribution in [0.25, 0.3) is 0 Å². The molecule has 4 N–H and O–H groups in total. The zero-order valence-corrected chi connectivity index (χ0v) is 21.9. The Morgan fingerprint density at radius 1 is 0.971 bits per heavy atom. The molecule has 1 aliphatic rings. The van der Waals surface area contributed by atoms with Crippen LogP contribution in [0.15, 0.2) is 4.99 Å². The van der Waals surface area contributed by atoms with E-state index < -0.39 is 18.2 Å². The van der Waals surface area contributed by atoms with E-state index in [9.17, 15) is 9.90 Å². The van der Waals surface area contributed by atoms with Crippen molar-refractivity contribution < 1.29 is 19.7 Å². The summed E-state index contributed by atoms with van der Waals surface area (Å²) in [6, 6.07) is 0. The van der Waals surface area contributed by atoms with Gasteiger partial charge in [0, 0.05) is 26.1 Å². The van der Waals surface area contributed by atoms with Gasteiger partial charge in [0.25, 0.3) is 0 Å². The van der Waals surface area contributed by atoms with Crippen molar-refractivity contribution in [3.8, 4) is 0 Å². The molecular formula is C27H53N3O4. The van der Waals surface area contributed by atoms with E-state index >= 15 is 0 Å². The molecule has 0 aliphatic carbocycles. The van der Waals surface area contributed by atoms with E-state index in [-0.39, 0.29) is 13.0 Å². The molecule has 1 heterocycles. The average molecular weight is 484 g/mol. The van der Waals surface area contributed by atoms with E-state index in [1.165, 1.54) is 96.3 Å². The third-order valence-electron chi connectivity index (χ3n) is 6.77. The van der Waals surface area contributed by atoms with Gasteiger partial charge in [0.15, 0.2) is 0 Å². The SMILES string of the molecule is CCCCCCCCCCCCCCCCCC1=NCCN1CCOC(CC(=O)O)C(O)CN. The van der Waals surface area contributed by atoms with Crippen LogP contribution in [-0.2, 0) is 9.53 Å². The Bertz CT molecular complexity index is 530. The highest BCUT2D eigenvalue weighted by Crippen LogP contribution is 2.15. The molecule has 200 valence electrons. The van der Waals surface area contributed by atoms with Crippen LogP contribution < -0.4 is 5.73 Å². The summed E-state index contributed by atoms with van der Waals surface area (Å²) in [4.78, 5) is 17.8. The number of carboxylic acid groups (broad SMARTS) is 1. The smallest absolute Gasteiger partial charge is 0.306 e. The summed E-state index contributed by atoms with van der Waals surface area (Å²) in [5.74, 6) is 0.154. The quantitative estimate of drug-likeness (QED) is 0.164. The number of unbranched alkanes of at least 4 members (excludes halogenated alkanes) is 14. The lowest BCUT2D eigenvalue weighted by atomic mass is 10.0. The normalized spacial score (nSPS) is 15.5. The number of amidine groups is 1. The van der Waals surface area contributed by atoms with Crippen molar-refractivity contribution in [1.82, 2.24) is 4.90 Å². The number of aliphatic carboxylic acids is 1. The summed E-state index contributed by atoms with van der Waals surface area (Å²) in [5, 5.41) is 18.8. The molecule has 0 amide bonds. The lowest BCUT2D eigenvalue weighted by Crippen LogP contribution is -2.39. The zero-order valence-electron chi connectivity index (χ0n) is 21.9. The predicted octanol–water partition coefficient (Wildman–Crippen LogP) is 5.14. The molecule has 0 bridgehead atoms. The number of nitrogens with two attached hydrogens (primary N) is 1. The number of ether oxygens (including phenoxy) is 1. The largest absolute Gasteiger partial charge is 0.481 e. The number of aliphatic hydroxyl groups is 1. The molecule has 0 fully saturated rings. The molecule has 2 atom stereocenters. The van der Waals surface area contributed by atoms with Crippen LogP contribution in [0.5, 0.6) is 0 Å². The zero-order chi connectivity index (χ0) is 24.9.